The highest BCUT2D eigenvalue weighted by Gasteiger charge is 2.18. The minimum absolute atomic E-state index is 0.00967. The summed E-state index contributed by atoms with van der Waals surface area (Å²) in [6.07, 6.45) is 2.21. The lowest BCUT2D eigenvalue weighted by Gasteiger charge is -2.16. The van der Waals surface area contributed by atoms with Gasteiger partial charge in [0.15, 0.2) is 5.82 Å². The van der Waals surface area contributed by atoms with Crippen LogP contribution in [0.25, 0.3) is 0 Å². The van der Waals surface area contributed by atoms with E-state index in [1.807, 2.05) is 0 Å². The van der Waals surface area contributed by atoms with Crippen molar-refractivity contribution < 1.29 is 9.76 Å². The van der Waals surface area contributed by atoms with Gasteiger partial charge in [0.1, 0.15) is 6.20 Å². The summed E-state index contributed by atoms with van der Waals surface area (Å²) in [5, 5.41) is 12.2. The van der Waals surface area contributed by atoms with Gasteiger partial charge in [-0.25, -0.2) is 10.0 Å². The quantitative estimate of drug-likeness (QED) is 0.544. The molecule has 1 aliphatic rings. The Morgan fingerprint density at radius 2 is 2.47 bits per heavy atom. The molecular formula is C9H11N3O3. The molecule has 1 aromatic rings. The maximum Gasteiger partial charge on any atom is 0.287 e. The van der Waals surface area contributed by atoms with Crippen molar-refractivity contribution in [2.45, 2.75) is 13.3 Å². The maximum absolute atomic E-state index is 10.5. The lowest BCUT2D eigenvalue weighted by molar-refractivity contribution is -0.385. The second-order valence-corrected chi connectivity index (χ2v) is 3.38. The SMILES string of the molecule is Cc1cc([N+](=O)[O-])cnc1N1CCCO1. The van der Waals surface area contributed by atoms with Crippen molar-refractivity contribution >= 4 is 11.5 Å². The molecule has 0 unspecified atom stereocenters. The molecule has 2 heterocycles. The van der Waals surface area contributed by atoms with Gasteiger partial charge in [-0.3, -0.25) is 15.0 Å². The summed E-state index contributed by atoms with van der Waals surface area (Å²) in [5.41, 5.74) is 0.765. The monoisotopic (exact) mass is 209 g/mol. The highest BCUT2D eigenvalue weighted by Crippen LogP contribution is 2.23. The smallest absolute Gasteiger partial charge is 0.272 e. The molecule has 0 saturated carbocycles. The van der Waals surface area contributed by atoms with Gasteiger partial charge in [0.05, 0.1) is 11.5 Å². The van der Waals surface area contributed by atoms with Crippen molar-refractivity contribution in [3.8, 4) is 0 Å². The molecule has 1 aromatic heterocycles. The number of nitro groups is 1. The minimum atomic E-state index is -0.450. The van der Waals surface area contributed by atoms with E-state index in [1.54, 1.807) is 12.0 Å². The van der Waals surface area contributed by atoms with Gasteiger partial charge in [-0.2, -0.15) is 0 Å². The second-order valence-electron chi connectivity index (χ2n) is 3.38. The van der Waals surface area contributed by atoms with Crippen LogP contribution in [0.2, 0.25) is 0 Å². The molecule has 0 N–H and O–H groups in total. The number of aryl methyl sites for hydroxylation is 1. The van der Waals surface area contributed by atoms with E-state index in [0.717, 1.165) is 18.5 Å². The number of pyridine rings is 1. The average Bonchev–Trinajstić information content (AvgIpc) is 2.70. The number of nitrogens with zero attached hydrogens (tertiary/aromatic N) is 3. The number of anilines is 1. The maximum atomic E-state index is 10.5. The summed E-state index contributed by atoms with van der Waals surface area (Å²) >= 11 is 0. The van der Waals surface area contributed by atoms with Crippen LogP contribution in [-0.2, 0) is 4.84 Å². The van der Waals surface area contributed by atoms with Crippen molar-refractivity contribution in [2.75, 3.05) is 18.2 Å². The van der Waals surface area contributed by atoms with Gasteiger partial charge in [0.25, 0.3) is 5.69 Å². The van der Waals surface area contributed by atoms with E-state index >= 15 is 0 Å². The molecular weight excluding hydrogens is 198 g/mol. The average molecular weight is 209 g/mol. The van der Waals surface area contributed by atoms with Crippen molar-refractivity contribution in [3.05, 3.63) is 27.9 Å². The Morgan fingerprint density at radius 1 is 1.67 bits per heavy atom. The fraction of sp³-hybridized carbons (Fsp3) is 0.444. The van der Waals surface area contributed by atoms with E-state index in [2.05, 4.69) is 4.98 Å². The van der Waals surface area contributed by atoms with Crippen LogP contribution in [0.5, 0.6) is 0 Å². The molecule has 80 valence electrons. The van der Waals surface area contributed by atoms with Gasteiger partial charge >= 0.3 is 0 Å². The molecule has 1 fully saturated rings. The molecule has 0 atom stereocenters. The molecule has 0 spiro atoms. The molecule has 0 radical (unpaired) electrons. The molecule has 0 bridgehead atoms. The molecule has 15 heavy (non-hydrogen) atoms. The Bertz CT molecular complexity index is 388. The molecule has 1 aliphatic heterocycles. The summed E-state index contributed by atoms with van der Waals surface area (Å²) < 4.78 is 0. The first-order valence-electron chi connectivity index (χ1n) is 4.70. The number of hydrogen-bond acceptors (Lipinski definition) is 5. The fourth-order valence-corrected chi connectivity index (χ4v) is 1.53. The zero-order chi connectivity index (χ0) is 10.8. The largest absolute Gasteiger partial charge is 0.287 e. The lowest BCUT2D eigenvalue weighted by atomic mass is 10.2. The molecule has 1 saturated heterocycles. The number of rotatable bonds is 2. The van der Waals surface area contributed by atoms with Crippen molar-refractivity contribution in [1.29, 1.82) is 0 Å². The van der Waals surface area contributed by atoms with Crippen LogP contribution < -0.4 is 5.06 Å². The van der Waals surface area contributed by atoms with Crippen molar-refractivity contribution in [1.82, 2.24) is 4.98 Å². The Balaban J connectivity index is 2.29. The Labute approximate surface area is 86.6 Å². The summed E-state index contributed by atoms with van der Waals surface area (Å²) in [6, 6.07) is 1.50. The predicted molar refractivity (Wildman–Crippen MR) is 53.5 cm³/mol. The summed E-state index contributed by atoms with van der Waals surface area (Å²) in [5.74, 6) is 0.665. The third-order valence-electron chi connectivity index (χ3n) is 2.24. The van der Waals surface area contributed by atoms with Crippen LogP contribution in [-0.4, -0.2) is 23.1 Å². The Hall–Kier alpha value is -1.69. The molecule has 0 aliphatic carbocycles. The van der Waals surface area contributed by atoms with Crippen LogP contribution in [0.15, 0.2) is 12.3 Å². The third-order valence-corrected chi connectivity index (χ3v) is 2.24. The summed E-state index contributed by atoms with van der Waals surface area (Å²) in [6.45, 7) is 3.25. The van der Waals surface area contributed by atoms with Crippen molar-refractivity contribution in [2.24, 2.45) is 0 Å². The van der Waals surface area contributed by atoms with Gasteiger partial charge in [-0.05, 0) is 13.3 Å². The number of hydroxylamine groups is 1. The first-order valence-corrected chi connectivity index (χ1v) is 4.70. The van der Waals surface area contributed by atoms with E-state index in [0.29, 0.717) is 12.4 Å². The number of hydrogen-bond donors (Lipinski definition) is 0. The number of aromatic nitrogens is 1. The molecule has 2 rings (SSSR count). The Morgan fingerprint density at radius 3 is 3.00 bits per heavy atom. The first-order chi connectivity index (χ1) is 7.18. The van der Waals surface area contributed by atoms with E-state index in [4.69, 9.17) is 4.84 Å². The molecule has 0 amide bonds. The minimum Gasteiger partial charge on any atom is -0.272 e. The zero-order valence-corrected chi connectivity index (χ0v) is 8.34. The van der Waals surface area contributed by atoms with Crippen LogP contribution in [0.4, 0.5) is 11.5 Å². The van der Waals surface area contributed by atoms with Gasteiger partial charge in [-0.15, -0.1) is 0 Å². The third kappa shape index (κ3) is 1.89. The van der Waals surface area contributed by atoms with Gasteiger partial charge in [0, 0.05) is 18.2 Å². The van der Waals surface area contributed by atoms with Gasteiger partial charge in [-0.1, -0.05) is 0 Å². The van der Waals surface area contributed by atoms with Crippen molar-refractivity contribution in [3.63, 3.8) is 0 Å². The van der Waals surface area contributed by atoms with Gasteiger partial charge < -0.3 is 0 Å². The van der Waals surface area contributed by atoms with Crippen LogP contribution >= 0.6 is 0 Å². The van der Waals surface area contributed by atoms with Crippen LogP contribution in [0.1, 0.15) is 12.0 Å². The van der Waals surface area contributed by atoms with E-state index in [1.165, 1.54) is 12.3 Å². The standard InChI is InChI=1S/C9H11N3O3/c1-7-5-8(12(13)14)6-10-9(7)11-3-2-4-15-11/h5-6H,2-4H2,1H3. The lowest BCUT2D eigenvalue weighted by Crippen LogP contribution is -2.18. The fourth-order valence-electron chi connectivity index (χ4n) is 1.53. The Kier molecular flexibility index (Phi) is 2.51. The van der Waals surface area contributed by atoms with Gasteiger partial charge in [0.2, 0.25) is 0 Å². The topological polar surface area (TPSA) is 68.5 Å². The van der Waals surface area contributed by atoms with Crippen LogP contribution in [0.3, 0.4) is 0 Å². The summed E-state index contributed by atoms with van der Waals surface area (Å²) in [7, 11) is 0. The normalized spacial score (nSPS) is 15.7. The van der Waals surface area contributed by atoms with E-state index in [-0.39, 0.29) is 5.69 Å². The predicted octanol–water partition coefficient (Wildman–Crippen LogP) is 1.44. The zero-order valence-electron chi connectivity index (χ0n) is 8.34. The molecule has 6 nitrogen and oxygen atoms in total. The second kappa shape index (κ2) is 3.82. The highest BCUT2D eigenvalue weighted by atomic mass is 16.7. The molecule has 0 aromatic carbocycles. The highest BCUT2D eigenvalue weighted by molar-refractivity contribution is 5.48. The van der Waals surface area contributed by atoms with E-state index in [9.17, 15) is 10.1 Å². The first kappa shape index (κ1) is 9.85. The summed E-state index contributed by atoms with van der Waals surface area (Å²) in [4.78, 5) is 19.4. The van der Waals surface area contributed by atoms with Crippen LogP contribution in [0, 0.1) is 17.0 Å². The molecule has 6 heteroatoms. The van der Waals surface area contributed by atoms with E-state index < -0.39 is 4.92 Å².